The number of nitrogens with one attached hydrogen (secondary N) is 1. The zero-order valence-electron chi connectivity index (χ0n) is 9.87. The number of sulfone groups is 1. The molecule has 102 valence electrons. The molecule has 7 nitrogen and oxygen atoms in total. The van der Waals surface area contributed by atoms with E-state index in [0.29, 0.717) is 0 Å². The molecule has 0 bridgehead atoms. The highest BCUT2D eigenvalue weighted by Crippen LogP contribution is 2.43. The van der Waals surface area contributed by atoms with Crippen molar-refractivity contribution in [2.45, 2.75) is 30.7 Å². The highest BCUT2D eigenvalue weighted by atomic mass is 32.2. The maximum atomic E-state index is 12.0. The van der Waals surface area contributed by atoms with E-state index in [1.807, 2.05) is 0 Å². The number of hydrogen-bond acceptors (Lipinski definition) is 5. The van der Waals surface area contributed by atoms with Gasteiger partial charge in [-0.3, -0.25) is 9.59 Å². The number of carbonyl (C=O) groups is 2. The third-order valence-corrected chi connectivity index (χ3v) is 6.09. The molecule has 1 aliphatic heterocycles. The van der Waals surface area contributed by atoms with Gasteiger partial charge in [-0.25, -0.2) is 8.42 Å². The number of carboxylic acids is 1. The quantitative estimate of drug-likeness (QED) is 0.554. The summed E-state index contributed by atoms with van der Waals surface area (Å²) in [5, 5.41) is 10.7. The standard InChI is InChI=1S/C10H16N2O5S/c1-4(13)12-7-3-18(16,17)9-5(10(14)15)2-6(11)8(7)9/h5-9H,2-3,11H2,1H3,(H,12,13)(H,14,15)/t5-,6+,7-,8+,9+/m0/s1. The van der Waals surface area contributed by atoms with Gasteiger partial charge < -0.3 is 16.2 Å². The van der Waals surface area contributed by atoms with Crippen LogP contribution in [-0.2, 0) is 19.4 Å². The first-order chi connectivity index (χ1) is 8.24. The van der Waals surface area contributed by atoms with Crippen LogP contribution in [0, 0.1) is 11.8 Å². The van der Waals surface area contributed by atoms with Crippen LogP contribution in [-0.4, -0.2) is 48.5 Å². The lowest BCUT2D eigenvalue weighted by Crippen LogP contribution is -2.45. The van der Waals surface area contributed by atoms with Gasteiger partial charge in [-0.05, 0) is 6.42 Å². The van der Waals surface area contributed by atoms with Crippen LogP contribution in [0.15, 0.2) is 0 Å². The molecular weight excluding hydrogens is 260 g/mol. The highest BCUT2D eigenvalue weighted by Gasteiger charge is 2.59. The Hall–Kier alpha value is -1.15. The summed E-state index contributed by atoms with van der Waals surface area (Å²) in [4.78, 5) is 22.2. The van der Waals surface area contributed by atoms with Gasteiger partial charge in [-0.15, -0.1) is 0 Å². The summed E-state index contributed by atoms with van der Waals surface area (Å²) in [6.45, 7) is 1.30. The molecule has 1 saturated carbocycles. The van der Waals surface area contributed by atoms with Gasteiger partial charge in [0.05, 0.1) is 16.9 Å². The maximum absolute atomic E-state index is 12.0. The minimum absolute atomic E-state index is 0.139. The lowest BCUT2D eigenvalue weighted by atomic mass is 9.95. The van der Waals surface area contributed by atoms with Crippen molar-refractivity contribution < 1.29 is 23.1 Å². The molecular formula is C10H16N2O5S. The first kappa shape index (κ1) is 13.3. The van der Waals surface area contributed by atoms with Gasteiger partial charge in [0.15, 0.2) is 9.84 Å². The van der Waals surface area contributed by atoms with Crippen molar-refractivity contribution in [3.8, 4) is 0 Å². The molecule has 0 spiro atoms. The van der Waals surface area contributed by atoms with Gasteiger partial charge in [-0.1, -0.05) is 0 Å². The third kappa shape index (κ3) is 1.99. The fourth-order valence-electron chi connectivity index (χ4n) is 3.23. The number of carbonyl (C=O) groups excluding carboxylic acids is 1. The topological polar surface area (TPSA) is 127 Å². The van der Waals surface area contributed by atoms with Gasteiger partial charge in [0, 0.05) is 24.9 Å². The molecule has 8 heteroatoms. The van der Waals surface area contributed by atoms with Crippen LogP contribution in [0.4, 0.5) is 0 Å². The fraction of sp³-hybridized carbons (Fsp3) is 0.800. The molecule has 1 saturated heterocycles. The Balaban J connectivity index is 2.35. The molecule has 0 radical (unpaired) electrons. The summed E-state index contributed by atoms with van der Waals surface area (Å²) < 4.78 is 24.1. The van der Waals surface area contributed by atoms with Crippen molar-refractivity contribution in [1.29, 1.82) is 0 Å². The van der Waals surface area contributed by atoms with E-state index in [9.17, 15) is 18.0 Å². The smallest absolute Gasteiger partial charge is 0.307 e. The van der Waals surface area contributed by atoms with Crippen molar-refractivity contribution >= 4 is 21.7 Å². The van der Waals surface area contributed by atoms with E-state index in [0.717, 1.165) is 0 Å². The van der Waals surface area contributed by atoms with Crippen LogP contribution in [0.2, 0.25) is 0 Å². The summed E-state index contributed by atoms with van der Waals surface area (Å²) >= 11 is 0. The largest absolute Gasteiger partial charge is 0.481 e. The minimum atomic E-state index is -3.52. The van der Waals surface area contributed by atoms with Crippen LogP contribution in [0.3, 0.4) is 0 Å². The third-order valence-electron chi connectivity index (χ3n) is 3.79. The molecule has 18 heavy (non-hydrogen) atoms. The average Bonchev–Trinajstić information content (AvgIpc) is 2.65. The lowest BCUT2D eigenvalue weighted by molar-refractivity contribution is -0.141. The Morgan fingerprint density at radius 3 is 2.50 bits per heavy atom. The Labute approximate surface area is 105 Å². The highest BCUT2D eigenvalue weighted by molar-refractivity contribution is 7.92. The number of rotatable bonds is 2. The molecule has 0 aromatic rings. The van der Waals surface area contributed by atoms with E-state index in [1.165, 1.54) is 6.92 Å². The summed E-state index contributed by atoms with van der Waals surface area (Å²) in [6, 6.07) is -1.08. The molecule has 2 fully saturated rings. The Morgan fingerprint density at radius 2 is 2.00 bits per heavy atom. The maximum Gasteiger partial charge on any atom is 0.307 e. The molecule has 1 heterocycles. The molecule has 1 aliphatic carbocycles. The van der Waals surface area contributed by atoms with Crippen LogP contribution in [0.25, 0.3) is 0 Å². The average molecular weight is 276 g/mol. The molecule has 5 atom stereocenters. The van der Waals surface area contributed by atoms with E-state index in [-0.39, 0.29) is 18.1 Å². The predicted molar refractivity (Wildman–Crippen MR) is 62.4 cm³/mol. The molecule has 1 amide bonds. The molecule has 2 rings (SSSR count). The number of aliphatic carboxylic acids is 1. The number of amides is 1. The van der Waals surface area contributed by atoms with Gasteiger partial charge >= 0.3 is 5.97 Å². The lowest BCUT2D eigenvalue weighted by Gasteiger charge is -2.21. The van der Waals surface area contributed by atoms with E-state index >= 15 is 0 Å². The van der Waals surface area contributed by atoms with Gasteiger partial charge in [0.25, 0.3) is 0 Å². The molecule has 2 aliphatic rings. The molecule has 0 aromatic carbocycles. The van der Waals surface area contributed by atoms with Crippen LogP contribution >= 0.6 is 0 Å². The zero-order valence-corrected chi connectivity index (χ0v) is 10.7. The first-order valence-electron chi connectivity index (χ1n) is 5.71. The number of fused-ring (bicyclic) bond motifs is 1. The van der Waals surface area contributed by atoms with E-state index in [1.54, 1.807) is 0 Å². The molecule has 0 unspecified atom stereocenters. The van der Waals surface area contributed by atoms with E-state index < -0.39 is 45.0 Å². The summed E-state index contributed by atoms with van der Waals surface area (Å²) in [5.41, 5.74) is 5.86. The Morgan fingerprint density at radius 1 is 1.39 bits per heavy atom. The van der Waals surface area contributed by atoms with Crippen LogP contribution in [0.5, 0.6) is 0 Å². The molecule has 4 N–H and O–H groups in total. The Bertz CT molecular complexity index is 488. The monoisotopic (exact) mass is 276 g/mol. The van der Waals surface area contributed by atoms with Crippen LogP contribution < -0.4 is 11.1 Å². The summed E-state index contributed by atoms with van der Waals surface area (Å²) in [5.74, 6) is -3.15. The second kappa shape index (κ2) is 4.20. The van der Waals surface area contributed by atoms with Crippen molar-refractivity contribution in [2.24, 2.45) is 17.6 Å². The van der Waals surface area contributed by atoms with E-state index in [4.69, 9.17) is 10.8 Å². The molecule has 0 aromatic heterocycles. The minimum Gasteiger partial charge on any atom is -0.481 e. The fourth-order valence-corrected chi connectivity index (χ4v) is 5.85. The second-order valence-electron chi connectivity index (χ2n) is 5.02. The van der Waals surface area contributed by atoms with Gasteiger partial charge in [0.1, 0.15) is 0 Å². The van der Waals surface area contributed by atoms with Gasteiger partial charge in [0.2, 0.25) is 5.91 Å². The van der Waals surface area contributed by atoms with E-state index in [2.05, 4.69) is 5.32 Å². The van der Waals surface area contributed by atoms with Crippen molar-refractivity contribution in [2.75, 3.05) is 5.75 Å². The first-order valence-corrected chi connectivity index (χ1v) is 7.42. The summed E-state index contributed by atoms with van der Waals surface area (Å²) in [6.07, 6.45) is 0.139. The van der Waals surface area contributed by atoms with Crippen molar-refractivity contribution in [1.82, 2.24) is 5.32 Å². The van der Waals surface area contributed by atoms with Crippen molar-refractivity contribution in [3.63, 3.8) is 0 Å². The Kier molecular flexibility index (Phi) is 3.10. The number of hydrogen-bond donors (Lipinski definition) is 3. The second-order valence-corrected chi connectivity index (χ2v) is 7.23. The van der Waals surface area contributed by atoms with Gasteiger partial charge in [-0.2, -0.15) is 0 Å². The summed E-state index contributed by atoms with van der Waals surface area (Å²) in [7, 11) is -3.52. The number of carboxylic acid groups (broad SMARTS) is 1. The number of nitrogens with two attached hydrogens (primary N) is 1. The predicted octanol–water partition coefficient (Wildman–Crippen LogP) is -1.66. The normalized spacial score (nSPS) is 41.3. The van der Waals surface area contributed by atoms with Crippen molar-refractivity contribution in [3.05, 3.63) is 0 Å². The SMILES string of the molecule is CC(=O)N[C@H]1CS(=O)(=O)[C@H]2[C@@H]1[C@H](N)C[C@@H]2C(=O)O. The zero-order chi connectivity index (χ0) is 13.7. The van der Waals surface area contributed by atoms with Crippen LogP contribution in [0.1, 0.15) is 13.3 Å².